The quantitative estimate of drug-likeness (QED) is 0.584. The molecule has 0 bridgehead atoms. The van der Waals surface area contributed by atoms with E-state index in [2.05, 4.69) is 24.1 Å². The molecule has 108 valence electrons. The van der Waals surface area contributed by atoms with Gasteiger partial charge < -0.3 is 20.7 Å². The zero-order chi connectivity index (χ0) is 14.0. The molecule has 0 aromatic heterocycles. The molecular formula is C13H29N3O2. The average Bonchev–Trinajstić information content (AvgIpc) is 2.26. The molecule has 0 saturated carbocycles. The van der Waals surface area contributed by atoms with E-state index in [0.717, 1.165) is 45.6 Å². The van der Waals surface area contributed by atoms with Gasteiger partial charge in [0.2, 0.25) is 0 Å². The maximum Gasteiger partial charge on any atom is 0.405 e. The van der Waals surface area contributed by atoms with Gasteiger partial charge in [-0.25, -0.2) is 4.79 Å². The second-order valence-electron chi connectivity index (χ2n) is 5.06. The van der Waals surface area contributed by atoms with E-state index in [4.69, 9.17) is 10.5 Å². The van der Waals surface area contributed by atoms with Gasteiger partial charge >= 0.3 is 6.09 Å². The van der Waals surface area contributed by atoms with Crippen LogP contribution in [-0.4, -0.2) is 49.3 Å². The number of nitrogens with two attached hydrogens (primary N) is 1. The molecule has 0 atom stereocenters. The number of ether oxygens (including phenoxy) is 1. The van der Waals surface area contributed by atoms with Gasteiger partial charge in [-0.1, -0.05) is 13.8 Å². The van der Waals surface area contributed by atoms with Gasteiger partial charge in [0.1, 0.15) is 5.60 Å². The first-order chi connectivity index (χ1) is 8.41. The third kappa shape index (κ3) is 9.24. The van der Waals surface area contributed by atoms with E-state index in [1.54, 1.807) is 0 Å². The number of carbonyl (C=O) groups excluding carboxylic acids is 1. The predicted molar refractivity (Wildman–Crippen MR) is 74.6 cm³/mol. The summed E-state index contributed by atoms with van der Waals surface area (Å²) < 4.78 is 5.02. The second-order valence-corrected chi connectivity index (χ2v) is 5.06. The molecule has 0 aliphatic rings. The molecule has 3 N–H and O–H groups in total. The van der Waals surface area contributed by atoms with Crippen molar-refractivity contribution in [1.29, 1.82) is 0 Å². The maximum atomic E-state index is 10.7. The van der Waals surface area contributed by atoms with Crippen LogP contribution in [0.2, 0.25) is 0 Å². The first kappa shape index (κ1) is 17.2. The number of nitrogens with one attached hydrogen (secondary N) is 1. The van der Waals surface area contributed by atoms with E-state index in [1.807, 2.05) is 13.8 Å². The van der Waals surface area contributed by atoms with Gasteiger partial charge in [-0.15, -0.1) is 0 Å². The highest BCUT2D eigenvalue weighted by Gasteiger charge is 2.20. The Morgan fingerprint density at radius 3 is 2.39 bits per heavy atom. The van der Waals surface area contributed by atoms with Gasteiger partial charge in [0, 0.05) is 13.1 Å². The fourth-order valence-corrected chi connectivity index (χ4v) is 1.86. The number of amides is 1. The summed E-state index contributed by atoms with van der Waals surface area (Å²) in [5.41, 5.74) is 4.55. The van der Waals surface area contributed by atoms with Crippen molar-refractivity contribution in [3.05, 3.63) is 0 Å². The van der Waals surface area contributed by atoms with Gasteiger partial charge in [0.25, 0.3) is 0 Å². The monoisotopic (exact) mass is 259 g/mol. The highest BCUT2D eigenvalue weighted by atomic mass is 16.6. The Bertz CT molecular complexity index is 228. The Kier molecular flexibility index (Phi) is 8.75. The molecule has 0 rings (SSSR count). The molecule has 0 fully saturated rings. The molecule has 0 saturated heterocycles. The number of carbonyl (C=O) groups is 1. The molecule has 0 heterocycles. The normalized spacial score (nSPS) is 11.8. The number of likely N-dealkylation sites (N-methyl/N-ethyl adjacent to an activating group) is 1. The SMILES string of the molecule is CCN(CC)CCNCCCC(C)(C)OC(N)=O. The van der Waals surface area contributed by atoms with Crippen LogP contribution < -0.4 is 11.1 Å². The van der Waals surface area contributed by atoms with Gasteiger partial charge in [-0.3, -0.25) is 0 Å². The first-order valence-corrected chi connectivity index (χ1v) is 6.82. The number of hydrogen-bond donors (Lipinski definition) is 2. The summed E-state index contributed by atoms with van der Waals surface area (Å²) in [6, 6.07) is 0. The highest BCUT2D eigenvalue weighted by molar-refractivity contribution is 5.65. The number of primary amides is 1. The van der Waals surface area contributed by atoms with Crippen LogP contribution in [0.4, 0.5) is 4.79 Å². The van der Waals surface area contributed by atoms with Gasteiger partial charge in [0.05, 0.1) is 0 Å². The standard InChI is InChI=1S/C13H29N3O2/c1-5-16(6-2)11-10-15-9-7-8-13(3,4)18-12(14)17/h15H,5-11H2,1-4H3,(H2,14,17). The summed E-state index contributed by atoms with van der Waals surface area (Å²) in [6.07, 6.45) is 1.08. The highest BCUT2D eigenvalue weighted by Crippen LogP contribution is 2.15. The Balaban J connectivity index is 3.53. The third-order valence-corrected chi connectivity index (χ3v) is 3.01. The summed E-state index contributed by atoms with van der Waals surface area (Å²) >= 11 is 0. The lowest BCUT2D eigenvalue weighted by molar-refractivity contribution is 0.0377. The Hall–Kier alpha value is -0.810. The van der Waals surface area contributed by atoms with Crippen LogP contribution in [0, 0.1) is 0 Å². The van der Waals surface area contributed by atoms with Crippen LogP contribution in [0.3, 0.4) is 0 Å². The van der Waals surface area contributed by atoms with Crippen molar-refractivity contribution in [2.75, 3.05) is 32.7 Å². The van der Waals surface area contributed by atoms with Crippen molar-refractivity contribution < 1.29 is 9.53 Å². The summed E-state index contributed by atoms with van der Waals surface area (Å²) in [5.74, 6) is 0. The van der Waals surface area contributed by atoms with Gasteiger partial charge in [0.15, 0.2) is 0 Å². The lowest BCUT2D eigenvalue weighted by Crippen LogP contribution is -2.34. The third-order valence-electron chi connectivity index (χ3n) is 3.01. The van der Waals surface area contributed by atoms with E-state index in [9.17, 15) is 4.79 Å². The average molecular weight is 259 g/mol. The molecule has 0 aromatic rings. The number of rotatable bonds is 10. The number of nitrogens with zero attached hydrogens (tertiary/aromatic N) is 1. The molecule has 0 aliphatic carbocycles. The molecule has 0 aliphatic heterocycles. The van der Waals surface area contributed by atoms with E-state index >= 15 is 0 Å². The zero-order valence-electron chi connectivity index (χ0n) is 12.3. The second kappa shape index (κ2) is 9.16. The minimum atomic E-state index is -0.700. The van der Waals surface area contributed by atoms with Crippen LogP contribution in [-0.2, 0) is 4.74 Å². The number of hydrogen-bond acceptors (Lipinski definition) is 4. The summed E-state index contributed by atoms with van der Waals surface area (Å²) in [5, 5.41) is 3.40. The molecular weight excluding hydrogens is 230 g/mol. The van der Waals surface area contributed by atoms with Crippen molar-refractivity contribution in [2.45, 2.75) is 46.1 Å². The van der Waals surface area contributed by atoms with E-state index in [1.165, 1.54) is 0 Å². The minimum Gasteiger partial charge on any atom is -0.444 e. The van der Waals surface area contributed by atoms with Crippen LogP contribution >= 0.6 is 0 Å². The molecule has 0 radical (unpaired) electrons. The van der Waals surface area contributed by atoms with E-state index < -0.39 is 11.7 Å². The lowest BCUT2D eigenvalue weighted by atomic mass is 10.0. The summed E-state index contributed by atoms with van der Waals surface area (Å²) in [4.78, 5) is 13.1. The smallest absolute Gasteiger partial charge is 0.405 e. The fourth-order valence-electron chi connectivity index (χ4n) is 1.86. The molecule has 1 amide bonds. The largest absolute Gasteiger partial charge is 0.444 e. The van der Waals surface area contributed by atoms with Crippen molar-refractivity contribution >= 4 is 6.09 Å². The predicted octanol–water partition coefficient (Wildman–Crippen LogP) is 1.57. The molecule has 5 nitrogen and oxygen atoms in total. The van der Waals surface area contributed by atoms with Gasteiger partial charge in [-0.05, 0) is 46.3 Å². The van der Waals surface area contributed by atoms with Crippen LogP contribution in [0.1, 0.15) is 40.5 Å². The molecule has 18 heavy (non-hydrogen) atoms. The lowest BCUT2D eigenvalue weighted by Gasteiger charge is -2.24. The Labute approximate surface area is 111 Å². The molecule has 0 unspecified atom stereocenters. The maximum absolute atomic E-state index is 10.7. The topological polar surface area (TPSA) is 67.6 Å². The van der Waals surface area contributed by atoms with Gasteiger partial charge in [-0.2, -0.15) is 0 Å². The fraction of sp³-hybridized carbons (Fsp3) is 0.923. The van der Waals surface area contributed by atoms with Crippen LogP contribution in [0.15, 0.2) is 0 Å². The van der Waals surface area contributed by atoms with E-state index in [-0.39, 0.29) is 0 Å². The van der Waals surface area contributed by atoms with Crippen molar-refractivity contribution in [3.8, 4) is 0 Å². The summed E-state index contributed by atoms with van der Waals surface area (Å²) in [7, 11) is 0. The Morgan fingerprint density at radius 1 is 1.28 bits per heavy atom. The summed E-state index contributed by atoms with van der Waals surface area (Å²) in [6.45, 7) is 13.3. The van der Waals surface area contributed by atoms with Crippen LogP contribution in [0.25, 0.3) is 0 Å². The molecule has 0 spiro atoms. The van der Waals surface area contributed by atoms with Crippen molar-refractivity contribution in [2.24, 2.45) is 5.73 Å². The van der Waals surface area contributed by atoms with E-state index in [0.29, 0.717) is 0 Å². The molecule has 5 heteroatoms. The van der Waals surface area contributed by atoms with Crippen molar-refractivity contribution in [3.63, 3.8) is 0 Å². The minimum absolute atomic E-state index is 0.466. The zero-order valence-corrected chi connectivity index (χ0v) is 12.3. The van der Waals surface area contributed by atoms with Crippen LogP contribution in [0.5, 0.6) is 0 Å². The Morgan fingerprint density at radius 2 is 1.89 bits per heavy atom. The molecule has 0 aromatic carbocycles. The van der Waals surface area contributed by atoms with Crippen molar-refractivity contribution in [1.82, 2.24) is 10.2 Å². The first-order valence-electron chi connectivity index (χ1n) is 6.82.